The van der Waals surface area contributed by atoms with E-state index in [4.69, 9.17) is 4.43 Å². The highest BCUT2D eigenvalue weighted by atomic mass is 28.4. The molecule has 0 aliphatic carbocycles. The summed E-state index contributed by atoms with van der Waals surface area (Å²) in [6, 6.07) is 17.2. The fourth-order valence-electron chi connectivity index (χ4n) is 4.99. The second kappa shape index (κ2) is 11.7. The Morgan fingerprint density at radius 2 is 1.62 bits per heavy atom. The molecule has 1 aliphatic rings. The minimum Gasteiger partial charge on any atom is -0.410 e. The summed E-state index contributed by atoms with van der Waals surface area (Å²) in [6.07, 6.45) is 3.31. The van der Waals surface area contributed by atoms with E-state index >= 15 is 0 Å². The van der Waals surface area contributed by atoms with Crippen molar-refractivity contribution in [1.29, 1.82) is 0 Å². The van der Waals surface area contributed by atoms with Gasteiger partial charge in [0.1, 0.15) is 5.60 Å². The van der Waals surface area contributed by atoms with Gasteiger partial charge in [0.2, 0.25) is 0 Å². The second-order valence-electron chi connectivity index (χ2n) is 11.0. The van der Waals surface area contributed by atoms with Gasteiger partial charge in [-0.05, 0) is 67.2 Å². The molecule has 0 amide bonds. The Balaban J connectivity index is 1.81. The first-order valence-corrected chi connectivity index (χ1v) is 16.4. The monoisotopic (exact) mass is 477 g/mol. The Kier molecular flexibility index (Phi) is 9.18. The van der Waals surface area contributed by atoms with Crippen molar-refractivity contribution in [3.8, 4) is 11.8 Å². The summed E-state index contributed by atoms with van der Waals surface area (Å²) in [6.45, 7) is 16.3. The number of hydrogen-bond acceptors (Lipinski definition) is 3. The summed E-state index contributed by atoms with van der Waals surface area (Å²) in [7, 11) is -1.77. The van der Waals surface area contributed by atoms with E-state index in [1.165, 1.54) is 16.7 Å². The number of aliphatic hydroxyl groups is 1. The fraction of sp³-hybridized carbons (Fsp3) is 0.533. The number of rotatable bonds is 10. The molecule has 0 fully saturated rings. The van der Waals surface area contributed by atoms with E-state index < -0.39 is 13.9 Å². The van der Waals surface area contributed by atoms with Gasteiger partial charge in [-0.3, -0.25) is 4.90 Å². The minimum absolute atomic E-state index is 0.0299. The molecule has 1 N–H and O–H groups in total. The first kappa shape index (κ1) is 26.7. The molecule has 2 aromatic carbocycles. The van der Waals surface area contributed by atoms with Crippen LogP contribution in [0.3, 0.4) is 0 Å². The fourth-order valence-corrected chi connectivity index (χ4v) is 6.12. The van der Waals surface area contributed by atoms with E-state index in [9.17, 15) is 5.11 Å². The maximum absolute atomic E-state index is 10.9. The number of hydrogen-bond donors (Lipinski definition) is 1. The van der Waals surface area contributed by atoms with Gasteiger partial charge >= 0.3 is 0 Å². The SMILES string of the molecule is CCCC(O)(C#Cc1cccc([C@@H](O[Si](C)(C)C)[C@@H](C)CN2Cc3ccccc3C2)c1)CCC. The minimum atomic E-state index is -1.77. The molecular weight excluding hydrogens is 434 g/mol. The Bertz CT molecular complexity index is 970. The zero-order chi connectivity index (χ0) is 24.8. The summed E-state index contributed by atoms with van der Waals surface area (Å²) < 4.78 is 6.77. The van der Waals surface area contributed by atoms with Gasteiger partial charge in [0.15, 0.2) is 8.32 Å². The molecule has 0 radical (unpaired) electrons. The van der Waals surface area contributed by atoms with Crippen LogP contribution in [0.2, 0.25) is 19.6 Å². The van der Waals surface area contributed by atoms with Crippen molar-refractivity contribution < 1.29 is 9.53 Å². The quantitative estimate of drug-likeness (QED) is 0.298. The summed E-state index contributed by atoms with van der Waals surface area (Å²) in [5.74, 6) is 6.82. The second-order valence-corrected chi connectivity index (χ2v) is 15.4. The molecule has 4 heteroatoms. The average molecular weight is 478 g/mol. The molecular formula is C30H43NO2Si. The van der Waals surface area contributed by atoms with Gasteiger partial charge in [-0.1, -0.05) is 81.9 Å². The lowest BCUT2D eigenvalue weighted by Crippen LogP contribution is -2.34. The number of nitrogens with zero attached hydrogens (tertiary/aromatic N) is 1. The van der Waals surface area contributed by atoms with Crippen molar-refractivity contribution in [2.75, 3.05) is 6.54 Å². The highest BCUT2D eigenvalue weighted by Gasteiger charge is 2.30. The van der Waals surface area contributed by atoms with Gasteiger partial charge in [0, 0.05) is 25.2 Å². The van der Waals surface area contributed by atoms with Crippen molar-refractivity contribution in [3.63, 3.8) is 0 Å². The van der Waals surface area contributed by atoms with E-state index in [0.717, 1.165) is 38.0 Å². The number of fused-ring (bicyclic) bond motifs is 1. The Labute approximate surface area is 208 Å². The standard InChI is InChI=1S/C30H43NO2Si/c1-7-17-30(32,18-8-2)19-16-25-12-11-15-26(20-25)29(33-34(4,5)6)24(3)21-31-22-27-13-9-10-14-28(27)23-31/h9-15,20,24,29,32H,7-8,17-18,21-23H2,1-6H3/t24-,29-/m0/s1. The molecule has 2 atom stereocenters. The third-order valence-corrected chi connectivity index (χ3v) is 7.39. The molecule has 0 bridgehead atoms. The summed E-state index contributed by atoms with van der Waals surface area (Å²) in [5.41, 5.74) is 4.13. The van der Waals surface area contributed by atoms with Crippen LogP contribution >= 0.6 is 0 Å². The van der Waals surface area contributed by atoms with Crippen molar-refractivity contribution in [2.24, 2.45) is 5.92 Å². The summed E-state index contributed by atoms with van der Waals surface area (Å²) in [4.78, 5) is 2.54. The lowest BCUT2D eigenvalue weighted by atomic mass is 9.92. The summed E-state index contributed by atoms with van der Waals surface area (Å²) >= 11 is 0. The van der Waals surface area contributed by atoms with E-state index in [1.54, 1.807) is 0 Å². The van der Waals surface area contributed by atoms with Crippen LogP contribution in [-0.4, -0.2) is 30.5 Å². The predicted molar refractivity (Wildman–Crippen MR) is 145 cm³/mol. The van der Waals surface area contributed by atoms with E-state index in [2.05, 4.69) is 99.6 Å². The maximum atomic E-state index is 10.9. The van der Waals surface area contributed by atoms with Gasteiger partial charge in [-0.15, -0.1) is 0 Å². The zero-order valence-corrected chi connectivity index (χ0v) is 23.0. The first-order chi connectivity index (χ1) is 16.1. The van der Waals surface area contributed by atoms with Gasteiger partial charge in [0.25, 0.3) is 0 Å². The molecule has 0 saturated carbocycles. The van der Waals surface area contributed by atoms with Crippen molar-refractivity contribution >= 4 is 8.32 Å². The van der Waals surface area contributed by atoms with Crippen LogP contribution in [0.15, 0.2) is 48.5 Å². The van der Waals surface area contributed by atoms with E-state index in [1.807, 2.05) is 6.07 Å². The molecule has 184 valence electrons. The van der Waals surface area contributed by atoms with Gasteiger partial charge in [0.05, 0.1) is 6.10 Å². The molecule has 3 nitrogen and oxygen atoms in total. The van der Waals surface area contributed by atoms with Crippen molar-refractivity contribution in [1.82, 2.24) is 4.90 Å². The molecule has 0 spiro atoms. The molecule has 0 saturated heterocycles. The smallest absolute Gasteiger partial charge is 0.184 e. The van der Waals surface area contributed by atoms with Crippen molar-refractivity contribution in [3.05, 3.63) is 70.8 Å². The highest BCUT2D eigenvalue weighted by Crippen LogP contribution is 2.33. The molecule has 0 aromatic heterocycles. The average Bonchev–Trinajstić information content (AvgIpc) is 3.18. The molecule has 1 heterocycles. The lowest BCUT2D eigenvalue weighted by Gasteiger charge is -2.33. The third kappa shape index (κ3) is 7.55. The van der Waals surface area contributed by atoms with E-state index in [0.29, 0.717) is 18.8 Å². The normalized spacial score (nSPS) is 16.0. The van der Waals surface area contributed by atoms with Crippen LogP contribution in [0.25, 0.3) is 0 Å². The molecule has 0 unspecified atom stereocenters. The lowest BCUT2D eigenvalue weighted by molar-refractivity contribution is 0.0807. The molecule has 1 aliphatic heterocycles. The van der Waals surface area contributed by atoms with Gasteiger partial charge < -0.3 is 9.53 Å². The van der Waals surface area contributed by atoms with Crippen LogP contribution in [0.1, 0.15) is 74.8 Å². The van der Waals surface area contributed by atoms with Gasteiger partial charge in [-0.25, -0.2) is 0 Å². The predicted octanol–water partition coefficient (Wildman–Crippen LogP) is 6.91. The molecule has 34 heavy (non-hydrogen) atoms. The largest absolute Gasteiger partial charge is 0.410 e. The van der Waals surface area contributed by atoms with E-state index in [-0.39, 0.29) is 6.10 Å². The summed E-state index contributed by atoms with van der Waals surface area (Å²) in [5, 5.41) is 10.9. The highest BCUT2D eigenvalue weighted by molar-refractivity contribution is 6.69. The maximum Gasteiger partial charge on any atom is 0.184 e. The van der Waals surface area contributed by atoms with Crippen LogP contribution < -0.4 is 0 Å². The van der Waals surface area contributed by atoms with Crippen LogP contribution in [0.5, 0.6) is 0 Å². The first-order valence-electron chi connectivity index (χ1n) is 12.9. The Morgan fingerprint density at radius 3 is 2.18 bits per heavy atom. The Hall–Kier alpha value is -1.90. The van der Waals surface area contributed by atoms with Crippen LogP contribution in [0, 0.1) is 17.8 Å². The van der Waals surface area contributed by atoms with Gasteiger partial charge in [-0.2, -0.15) is 0 Å². The van der Waals surface area contributed by atoms with Crippen LogP contribution in [0.4, 0.5) is 0 Å². The van der Waals surface area contributed by atoms with Crippen LogP contribution in [-0.2, 0) is 17.5 Å². The molecule has 2 aromatic rings. The number of benzene rings is 2. The third-order valence-electron chi connectivity index (χ3n) is 6.43. The zero-order valence-electron chi connectivity index (χ0n) is 22.0. The topological polar surface area (TPSA) is 32.7 Å². The van der Waals surface area contributed by atoms with Crippen molar-refractivity contribution in [2.45, 2.75) is 90.9 Å². The Morgan fingerprint density at radius 1 is 1.00 bits per heavy atom. The molecule has 3 rings (SSSR count).